The second-order valence-electron chi connectivity index (χ2n) is 6.13. The number of piperidine rings is 1. The van der Waals surface area contributed by atoms with E-state index in [2.05, 4.69) is 11.9 Å². The van der Waals surface area contributed by atoms with Crippen molar-refractivity contribution in [3.8, 4) is 0 Å². The zero-order valence-corrected chi connectivity index (χ0v) is 11.9. The van der Waals surface area contributed by atoms with E-state index in [9.17, 15) is 9.59 Å². The van der Waals surface area contributed by atoms with Gasteiger partial charge in [0.15, 0.2) is 0 Å². The number of likely N-dealkylation sites (tertiary alicyclic amines) is 1. The summed E-state index contributed by atoms with van der Waals surface area (Å²) in [6.07, 6.45) is 6.73. The second kappa shape index (κ2) is 5.20. The number of hydrogen-bond donors (Lipinski definition) is 1. The van der Waals surface area contributed by atoms with Crippen molar-refractivity contribution in [2.75, 3.05) is 26.2 Å². The summed E-state index contributed by atoms with van der Waals surface area (Å²) in [5, 5.41) is 3.36. The second-order valence-corrected chi connectivity index (χ2v) is 6.13. The highest BCUT2D eigenvalue weighted by Crippen LogP contribution is 2.33. The Morgan fingerprint density at radius 3 is 2.65 bits per heavy atom. The lowest BCUT2D eigenvalue weighted by Gasteiger charge is -2.45. The first-order chi connectivity index (χ1) is 9.66. The van der Waals surface area contributed by atoms with E-state index < -0.39 is 0 Å². The zero-order chi connectivity index (χ0) is 14.2. The first kappa shape index (κ1) is 13.6. The van der Waals surface area contributed by atoms with Gasteiger partial charge in [-0.2, -0.15) is 0 Å². The minimum atomic E-state index is -0.248. The van der Waals surface area contributed by atoms with Crippen LogP contribution in [-0.4, -0.2) is 53.5 Å². The number of amides is 2. The molecule has 2 saturated heterocycles. The highest BCUT2D eigenvalue weighted by molar-refractivity contribution is 5.82. The van der Waals surface area contributed by atoms with Crippen molar-refractivity contribution in [1.29, 1.82) is 0 Å². The Morgan fingerprint density at radius 2 is 2.10 bits per heavy atom. The molecule has 20 heavy (non-hydrogen) atoms. The third-order valence-electron chi connectivity index (χ3n) is 5.05. The van der Waals surface area contributed by atoms with Crippen molar-refractivity contribution >= 4 is 11.8 Å². The van der Waals surface area contributed by atoms with Gasteiger partial charge < -0.3 is 9.80 Å². The van der Waals surface area contributed by atoms with Gasteiger partial charge in [0.2, 0.25) is 11.8 Å². The maximum absolute atomic E-state index is 12.3. The van der Waals surface area contributed by atoms with Crippen molar-refractivity contribution < 1.29 is 9.59 Å². The molecule has 3 rings (SSSR count). The molecule has 0 bridgehead atoms. The van der Waals surface area contributed by atoms with Crippen LogP contribution in [-0.2, 0) is 9.59 Å². The molecule has 5 nitrogen and oxygen atoms in total. The molecular formula is C15H23N3O2. The summed E-state index contributed by atoms with van der Waals surface area (Å²) in [5.41, 5.74) is -0.248. The summed E-state index contributed by atoms with van der Waals surface area (Å²) < 4.78 is 0. The first-order valence-electron chi connectivity index (χ1n) is 7.61. The highest BCUT2D eigenvalue weighted by Gasteiger charge is 2.47. The molecule has 1 N–H and O–H groups in total. The van der Waals surface area contributed by atoms with Crippen LogP contribution < -0.4 is 5.32 Å². The number of nitrogens with zero attached hydrogens (tertiary/aromatic N) is 2. The molecule has 2 amide bonds. The predicted molar refractivity (Wildman–Crippen MR) is 75.8 cm³/mol. The largest absolute Gasteiger partial charge is 0.342 e. The summed E-state index contributed by atoms with van der Waals surface area (Å²) in [6, 6.07) is 0. The molecule has 1 aliphatic carbocycles. The third kappa shape index (κ3) is 2.14. The summed E-state index contributed by atoms with van der Waals surface area (Å²) in [5.74, 6) is 0.737. The maximum atomic E-state index is 12.3. The average Bonchev–Trinajstić information content (AvgIpc) is 2.68. The van der Waals surface area contributed by atoms with E-state index in [0.717, 1.165) is 38.8 Å². The van der Waals surface area contributed by atoms with E-state index >= 15 is 0 Å². The molecule has 0 atom stereocenters. The molecule has 2 aliphatic heterocycles. The lowest BCUT2D eigenvalue weighted by Crippen LogP contribution is -2.59. The normalized spacial score (nSPS) is 25.9. The fourth-order valence-electron chi connectivity index (χ4n) is 3.53. The number of carbonyl (C=O) groups excluding carboxylic acids is 2. The SMILES string of the molecule is C=CCN1C(=O)CNC12CCN(C(=O)C1CCC1)CC2. The van der Waals surface area contributed by atoms with Crippen LogP contribution >= 0.6 is 0 Å². The highest BCUT2D eigenvalue weighted by atomic mass is 16.2. The lowest BCUT2D eigenvalue weighted by atomic mass is 9.83. The van der Waals surface area contributed by atoms with Crippen LogP contribution in [0.5, 0.6) is 0 Å². The summed E-state index contributed by atoms with van der Waals surface area (Å²) in [6.45, 7) is 6.23. The van der Waals surface area contributed by atoms with Crippen LogP contribution in [0.25, 0.3) is 0 Å². The van der Waals surface area contributed by atoms with E-state index in [1.807, 2.05) is 9.80 Å². The van der Waals surface area contributed by atoms with Gasteiger partial charge in [0.05, 0.1) is 12.2 Å². The van der Waals surface area contributed by atoms with E-state index in [1.165, 1.54) is 6.42 Å². The summed E-state index contributed by atoms with van der Waals surface area (Å²) >= 11 is 0. The van der Waals surface area contributed by atoms with Gasteiger partial charge in [0, 0.05) is 38.4 Å². The van der Waals surface area contributed by atoms with Crippen molar-refractivity contribution in [3.05, 3.63) is 12.7 Å². The molecule has 3 aliphatic rings. The number of nitrogens with one attached hydrogen (secondary N) is 1. The van der Waals surface area contributed by atoms with Crippen molar-refractivity contribution in [2.24, 2.45) is 5.92 Å². The number of carbonyl (C=O) groups is 2. The predicted octanol–water partition coefficient (Wildman–Crippen LogP) is 0.723. The van der Waals surface area contributed by atoms with Crippen molar-refractivity contribution in [3.63, 3.8) is 0 Å². The zero-order valence-electron chi connectivity index (χ0n) is 11.9. The van der Waals surface area contributed by atoms with Gasteiger partial charge in [-0.1, -0.05) is 12.5 Å². The Morgan fingerprint density at radius 1 is 1.40 bits per heavy atom. The Bertz CT molecular complexity index is 423. The maximum Gasteiger partial charge on any atom is 0.238 e. The summed E-state index contributed by atoms with van der Waals surface area (Å²) in [7, 11) is 0. The molecular weight excluding hydrogens is 254 g/mol. The Hall–Kier alpha value is -1.36. The molecule has 1 spiro atoms. The van der Waals surface area contributed by atoms with Crippen LogP contribution in [0.1, 0.15) is 32.1 Å². The molecule has 0 aromatic rings. The van der Waals surface area contributed by atoms with Gasteiger partial charge in [0.25, 0.3) is 0 Å². The molecule has 0 aromatic heterocycles. The molecule has 3 fully saturated rings. The molecule has 110 valence electrons. The number of hydrogen-bond acceptors (Lipinski definition) is 3. The molecule has 2 heterocycles. The average molecular weight is 277 g/mol. The Labute approximate surface area is 120 Å². The Kier molecular flexibility index (Phi) is 3.54. The van der Waals surface area contributed by atoms with Crippen LogP contribution in [0, 0.1) is 5.92 Å². The fourth-order valence-corrected chi connectivity index (χ4v) is 3.53. The minimum absolute atomic E-state index is 0.142. The van der Waals surface area contributed by atoms with E-state index in [1.54, 1.807) is 6.08 Å². The van der Waals surface area contributed by atoms with E-state index in [0.29, 0.717) is 19.0 Å². The van der Waals surface area contributed by atoms with E-state index in [4.69, 9.17) is 0 Å². The monoisotopic (exact) mass is 277 g/mol. The van der Waals surface area contributed by atoms with Crippen LogP contribution in [0.2, 0.25) is 0 Å². The van der Waals surface area contributed by atoms with Crippen molar-refractivity contribution in [2.45, 2.75) is 37.8 Å². The molecule has 0 aromatic carbocycles. The van der Waals surface area contributed by atoms with Gasteiger partial charge in [0.1, 0.15) is 0 Å². The molecule has 5 heteroatoms. The Balaban J connectivity index is 1.63. The smallest absolute Gasteiger partial charge is 0.238 e. The minimum Gasteiger partial charge on any atom is -0.342 e. The fraction of sp³-hybridized carbons (Fsp3) is 0.733. The lowest BCUT2D eigenvalue weighted by molar-refractivity contribution is -0.141. The van der Waals surface area contributed by atoms with Gasteiger partial charge in [-0.25, -0.2) is 0 Å². The molecule has 1 saturated carbocycles. The van der Waals surface area contributed by atoms with Crippen LogP contribution in [0.3, 0.4) is 0 Å². The topological polar surface area (TPSA) is 52.7 Å². The first-order valence-corrected chi connectivity index (χ1v) is 7.61. The van der Waals surface area contributed by atoms with Crippen molar-refractivity contribution in [1.82, 2.24) is 15.1 Å². The quantitative estimate of drug-likeness (QED) is 0.774. The number of rotatable bonds is 3. The van der Waals surface area contributed by atoms with Gasteiger partial charge in [-0.15, -0.1) is 6.58 Å². The van der Waals surface area contributed by atoms with Crippen LogP contribution in [0.4, 0.5) is 0 Å². The van der Waals surface area contributed by atoms with Crippen LogP contribution in [0.15, 0.2) is 12.7 Å². The molecule has 0 radical (unpaired) electrons. The third-order valence-corrected chi connectivity index (χ3v) is 5.05. The van der Waals surface area contributed by atoms with Gasteiger partial charge in [-0.3, -0.25) is 14.9 Å². The standard InChI is InChI=1S/C15H23N3O2/c1-2-8-18-13(19)11-16-15(18)6-9-17(10-7-15)14(20)12-4-3-5-12/h2,12,16H,1,3-11H2. The molecule has 0 unspecified atom stereocenters. The van der Waals surface area contributed by atoms with E-state index in [-0.39, 0.29) is 17.5 Å². The van der Waals surface area contributed by atoms with Gasteiger partial charge >= 0.3 is 0 Å². The van der Waals surface area contributed by atoms with Gasteiger partial charge in [-0.05, 0) is 12.8 Å². The summed E-state index contributed by atoms with van der Waals surface area (Å²) in [4.78, 5) is 28.1.